The molecular formula is C12H13ClN4O3S. The fourth-order valence-corrected chi connectivity index (χ4v) is 2.39. The van der Waals surface area contributed by atoms with Gasteiger partial charge in [-0.15, -0.1) is 5.10 Å². The van der Waals surface area contributed by atoms with Crippen molar-refractivity contribution in [1.82, 2.24) is 20.2 Å². The third-order valence-electron chi connectivity index (χ3n) is 2.39. The summed E-state index contributed by atoms with van der Waals surface area (Å²) in [5.41, 5.74) is 0. The zero-order valence-electron chi connectivity index (χ0n) is 11.0. The number of benzene rings is 1. The average Bonchev–Trinajstić information content (AvgIpc) is 2.87. The van der Waals surface area contributed by atoms with Crippen LogP contribution in [0.3, 0.4) is 0 Å². The van der Waals surface area contributed by atoms with Gasteiger partial charge in [-0.05, 0) is 41.1 Å². The van der Waals surface area contributed by atoms with Crippen LogP contribution in [0.15, 0.2) is 29.4 Å². The molecule has 1 heterocycles. The molecule has 21 heavy (non-hydrogen) atoms. The lowest BCUT2D eigenvalue weighted by Crippen LogP contribution is -2.11. The molecule has 0 saturated carbocycles. The highest BCUT2D eigenvalue weighted by Gasteiger charge is 2.09. The first-order chi connectivity index (χ1) is 10.1. The van der Waals surface area contributed by atoms with Crippen LogP contribution >= 0.6 is 23.4 Å². The predicted octanol–water partition coefficient (Wildman–Crippen LogP) is 1.97. The first kappa shape index (κ1) is 15.6. The van der Waals surface area contributed by atoms with Crippen molar-refractivity contribution in [3.05, 3.63) is 29.3 Å². The molecule has 0 amide bonds. The van der Waals surface area contributed by atoms with Crippen molar-refractivity contribution < 1.29 is 14.6 Å². The van der Waals surface area contributed by atoms with Gasteiger partial charge >= 0.3 is 5.97 Å². The van der Waals surface area contributed by atoms with E-state index in [9.17, 15) is 4.79 Å². The molecule has 0 unspecified atom stereocenters. The van der Waals surface area contributed by atoms with Crippen molar-refractivity contribution >= 4 is 29.3 Å². The van der Waals surface area contributed by atoms with Gasteiger partial charge in [-0.25, -0.2) is 4.68 Å². The zero-order valence-corrected chi connectivity index (χ0v) is 12.5. The Morgan fingerprint density at radius 3 is 2.86 bits per heavy atom. The molecule has 0 fully saturated rings. The number of carboxylic acid groups (broad SMARTS) is 1. The second-order valence-electron chi connectivity index (χ2n) is 4.02. The van der Waals surface area contributed by atoms with Crippen LogP contribution in [-0.4, -0.2) is 43.6 Å². The predicted molar refractivity (Wildman–Crippen MR) is 77.7 cm³/mol. The van der Waals surface area contributed by atoms with E-state index in [1.165, 1.54) is 16.4 Å². The van der Waals surface area contributed by atoms with Gasteiger partial charge in [0, 0.05) is 10.8 Å². The summed E-state index contributed by atoms with van der Waals surface area (Å²) in [5.74, 6) is 0.517. The second kappa shape index (κ2) is 7.84. The maximum absolute atomic E-state index is 10.6. The highest BCUT2D eigenvalue weighted by Crippen LogP contribution is 2.17. The van der Waals surface area contributed by atoms with Gasteiger partial charge in [-0.1, -0.05) is 23.4 Å². The lowest BCUT2D eigenvalue weighted by atomic mass is 10.3. The van der Waals surface area contributed by atoms with Crippen LogP contribution in [-0.2, 0) is 11.3 Å². The molecule has 0 spiro atoms. The first-order valence-electron chi connectivity index (χ1n) is 6.14. The molecule has 0 bridgehead atoms. The summed E-state index contributed by atoms with van der Waals surface area (Å²) >= 11 is 7.18. The summed E-state index contributed by atoms with van der Waals surface area (Å²) in [4.78, 5) is 10.6. The highest BCUT2D eigenvalue weighted by molar-refractivity contribution is 7.99. The Kier molecular flexibility index (Phi) is 5.82. The summed E-state index contributed by atoms with van der Waals surface area (Å²) in [6.45, 7) is 0.311. The number of carboxylic acids is 1. The molecule has 0 aliphatic heterocycles. The van der Waals surface area contributed by atoms with Crippen molar-refractivity contribution in [3.8, 4) is 5.75 Å². The molecule has 0 radical (unpaired) electrons. The van der Waals surface area contributed by atoms with Gasteiger partial charge in [0.05, 0.1) is 6.61 Å². The number of halogens is 1. The molecule has 2 aromatic rings. The number of thioether (sulfide) groups is 1. The topological polar surface area (TPSA) is 90.1 Å². The molecule has 9 heteroatoms. The number of hydrogen-bond donors (Lipinski definition) is 1. The van der Waals surface area contributed by atoms with Crippen LogP contribution < -0.4 is 4.74 Å². The van der Waals surface area contributed by atoms with Crippen LogP contribution in [0.2, 0.25) is 5.02 Å². The maximum Gasteiger partial charge on any atom is 0.325 e. The number of ether oxygens (including phenoxy) is 1. The summed E-state index contributed by atoms with van der Waals surface area (Å²) in [6.07, 6.45) is 0.785. The van der Waals surface area contributed by atoms with Gasteiger partial charge < -0.3 is 9.84 Å². The van der Waals surface area contributed by atoms with Crippen LogP contribution in [0.4, 0.5) is 0 Å². The van der Waals surface area contributed by atoms with E-state index in [0.29, 0.717) is 16.8 Å². The molecule has 1 N–H and O–H groups in total. The second-order valence-corrected chi connectivity index (χ2v) is 5.52. The smallest absolute Gasteiger partial charge is 0.325 e. The molecule has 0 atom stereocenters. The molecule has 0 aliphatic rings. The Morgan fingerprint density at radius 2 is 2.14 bits per heavy atom. The van der Waals surface area contributed by atoms with Gasteiger partial charge in [0.25, 0.3) is 0 Å². The zero-order chi connectivity index (χ0) is 15.1. The monoisotopic (exact) mass is 328 g/mol. The van der Waals surface area contributed by atoms with E-state index in [2.05, 4.69) is 15.5 Å². The molecule has 1 aromatic heterocycles. The van der Waals surface area contributed by atoms with Crippen LogP contribution in [0.25, 0.3) is 0 Å². The fourth-order valence-electron chi connectivity index (χ4n) is 1.47. The molecule has 0 aliphatic carbocycles. The van der Waals surface area contributed by atoms with E-state index < -0.39 is 5.97 Å². The summed E-state index contributed by atoms with van der Waals surface area (Å²) in [5, 5.41) is 20.7. The van der Waals surface area contributed by atoms with E-state index in [0.717, 1.165) is 17.9 Å². The Hall–Kier alpha value is -1.80. The Balaban J connectivity index is 1.69. The van der Waals surface area contributed by atoms with E-state index in [-0.39, 0.29) is 6.54 Å². The van der Waals surface area contributed by atoms with Crippen molar-refractivity contribution in [2.24, 2.45) is 0 Å². The minimum Gasteiger partial charge on any atom is -0.494 e. The van der Waals surface area contributed by atoms with Crippen molar-refractivity contribution in [2.45, 2.75) is 18.1 Å². The number of aromatic nitrogens is 4. The van der Waals surface area contributed by atoms with E-state index in [4.69, 9.17) is 21.4 Å². The van der Waals surface area contributed by atoms with Crippen LogP contribution in [0.1, 0.15) is 6.42 Å². The number of carbonyl (C=O) groups is 1. The Labute approximate surface area is 130 Å². The van der Waals surface area contributed by atoms with Crippen molar-refractivity contribution in [3.63, 3.8) is 0 Å². The van der Waals surface area contributed by atoms with Crippen LogP contribution in [0.5, 0.6) is 5.75 Å². The summed E-state index contributed by atoms with van der Waals surface area (Å²) < 4.78 is 6.81. The van der Waals surface area contributed by atoms with Gasteiger partial charge in [-0.3, -0.25) is 4.79 Å². The lowest BCUT2D eigenvalue weighted by Gasteiger charge is -2.05. The van der Waals surface area contributed by atoms with Gasteiger partial charge in [0.1, 0.15) is 12.3 Å². The molecule has 0 saturated heterocycles. The van der Waals surface area contributed by atoms with E-state index in [1.807, 2.05) is 12.1 Å². The van der Waals surface area contributed by atoms with Gasteiger partial charge in [-0.2, -0.15) is 0 Å². The van der Waals surface area contributed by atoms with Crippen molar-refractivity contribution in [1.29, 1.82) is 0 Å². The van der Waals surface area contributed by atoms with Gasteiger partial charge in [0.2, 0.25) is 5.16 Å². The lowest BCUT2D eigenvalue weighted by molar-refractivity contribution is -0.138. The fraction of sp³-hybridized carbons (Fsp3) is 0.333. The normalized spacial score (nSPS) is 10.5. The minimum atomic E-state index is -0.977. The third kappa shape index (κ3) is 5.24. The molecular weight excluding hydrogens is 316 g/mol. The molecule has 2 rings (SSSR count). The summed E-state index contributed by atoms with van der Waals surface area (Å²) in [6, 6.07) is 7.16. The number of aliphatic carboxylic acids is 1. The molecule has 7 nitrogen and oxygen atoms in total. The number of hydrogen-bond acceptors (Lipinski definition) is 6. The van der Waals surface area contributed by atoms with Crippen LogP contribution in [0, 0.1) is 0 Å². The Morgan fingerprint density at radius 1 is 1.38 bits per heavy atom. The summed E-state index contributed by atoms with van der Waals surface area (Å²) in [7, 11) is 0. The SMILES string of the molecule is O=C(O)Cn1nnnc1SCCCOc1ccc(Cl)cc1. The van der Waals surface area contributed by atoms with E-state index in [1.54, 1.807) is 12.1 Å². The minimum absolute atomic E-state index is 0.239. The van der Waals surface area contributed by atoms with Gasteiger partial charge in [0.15, 0.2) is 0 Å². The third-order valence-corrected chi connectivity index (χ3v) is 3.68. The number of rotatable bonds is 8. The largest absolute Gasteiger partial charge is 0.494 e. The average molecular weight is 329 g/mol. The molecule has 1 aromatic carbocycles. The highest BCUT2D eigenvalue weighted by atomic mass is 35.5. The number of tetrazole rings is 1. The first-order valence-corrected chi connectivity index (χ1v) is 7.50. The standard InChI is InChI=1S/C12H13ClN4O3S/c13-9-2-4-10(5-3-9)20-6-1-7-21-12-14-15-16-17(12)8-11(18)19/h2-5H,1,6-8H2,(H,18,19). The Bertz CT molecular complexity index is 590. The maximum atomic E-state index is 10.6. The number of nitrogens with zero attached hydrogens (tertiary/aromatic N) is 4. The van der Waals surface area contributed by atoms with Crippen molar-refractivity contribution in [2.75, 3.05) is 12.4 Å². The van der Waals surface area contributed by atoms with E-state index >= 15 is 0 Å². The molecule has 112 valence electrons. The quantitative estimate of drug-likeness (QED) is 0.585.